The highest BCUT2D eigenvalue weighted by atomic mass is 16.3. The normalized spacial score (nSPS) is 12.6. The summed E-state index contributed by atoms with van der Waals surface area (Å²) in [5, 5.41) is 29.7. The molecule has 0 amide bonds. The minimum Gasteiger partial charge on any atom is -0.394 e. The SMILES string of the molecule is CCC=CCNC(CO)(CO)CO. The van der Waals surface area contributed by atoms with Gasteiger partial charge in [0.25, 0.3) is 0 Å². The second-order valence-electron chi connectivity index (χ2n) is 3.02. The summed E-state index contributed by atoms with van der Waals surface area (Å²) in [6, 6.07) is 0. The van der Waals surface area contributed by atoms with E-state index in [4.69, 9.17) is 15.3 Å². The van der Waals surface area contributed by atoms with Gasteiger partial charge in [0, 0.05) is 6.54 Å². The van der Waals surface area contributed by atoms with E-state index in [-0.39, 0.29) is 19.8 Å². The summed E-state index contributed by atoms with van der Waals surface area (Å²) in [6.07, 6.45) is 4.83. The molecule has 4 heteroatoms. The van der Waals surface area contributed by atoms with E-state index in [0.29, 0.717) is 6.54 Å². The summed E-state index contributed by atoms with van der Waals surface area (Å²) < 4.78 is 0. The van der Waals surface area contributed by atoms with Crippen LogP contribution in [0.4, 0.5) is 0 Å². The molecule has 0 aliphatic heterocycles. The van der Waals surface area contributed by atoms with Gasteiger partial charge in [-0.3, -0.25) is 0 Å². The predicted molar refractivity (Wildman–Crippen MR) is 51.4 cm³/mol. The van der Waals surface area contributed by atoms with E-state index >= 15 is 0 Å². The van der Waals surface area contributed by atoms with Crippen molar-refractivity contribution in [3.8, 4) is 0 Å². The zero-order valence-corrected chi connectivity index (χ0v) is 8.03. The Labute approximate surface area is 78.9 Å². The van der Waals surface area contributed by atoms with Gasteiger partial charge < -0.3 is 20.6 Å². The van der Waals surface area contributed by atoms with Gasteiger partial charge in [0.2, 0.25) is 0 Å². The molecule has 0 aromatic carbocycles. The molecule has 0 saturated heterocycles. The van der Waals surface area contributed by atoms with Gasteiger partial charge in [0.1, 0.15) is 0 Å². The zero-order chi connectivity index (χ0) is 10.2. The van der Waals surface area contributed by atoms with E-state index < -0.39 is 5.54 Å². The van der Waals surface area contributed by atoms with Crippen LogP contribution in [0.5, 0.6) is 0 Å². The van der Waals surface area contributed by atoms with Gasteiger partial charge in [-0.05, 0) is 6.42 Å². The molecule has 0 saturated carbocycles. The highest BCUT2D eigenvalue weighted by Crippen LogP contribution is 2.00. The van der Waals surface area contributed by atoms with Crippen molar-refractivity contribution in [2.45, 2.75) is 18.9 Å². The highest BCUT2D eigenvalue weighted by molar-refractivity contribution is 4.91. The van der Waals surface area contributed by atoms with Gasteiger partial charge in [0.15, 0.2) is 0 Å². The molecule has 0 heterocycles. The van der Waals surface area contributed by atoms with Crippen molar-refractivity contribution in [3.63, 3.8) is 0 Å². The second kappa shape index (κ2) is 7.03. The fourth-order valence-corrected chi connectivity index (χ4v) is 0.843. The van der Waals surface area contributed by atoms with Crippen molar-refractivity contribution in [1.29, 1.82) is 0 Å². The average molecular weight is 189 g/mol. The van der Waals surface area contributed by atoms with E-state index in [0.717, 1.165) is 6.42 Å². The first-order valence-electron chi connectivity index (χ1n) is 4.47. The lowest BCUT2D eigenvalue weighted by Gasteiger charge is -2.28. The molecule has 0 rings (SSSR count). The Morgan fingerprint density at radius 2 is 1.62 bits per heavy atom. The first-order valence-corrected chi connectivity index (χ1v) is 4.47. The van der Waals surface area contributed by atoms with Crippen LogP contribution >= 0.6 is 0 Å². The molecule has 0 aliphatic carbocycles. The number of hydrogen-bond donors (Lipinski definition) is 4. The summed E-state index contributed by atoms with van der Waals surface area (Å²) in [4.78, 5) is 0. The van der Waals surface area contributed by atoms with E-state index in [1.54, 1.807) is 0 Å². The summed E-state index contributed by atoms with van der Waals surface area (Å²) >= 11 is 0. The molecular formula is C9H19NO3. The molecule has 0 aromatic heterocycles. The molecule has 13 heavy (non-hydrogen) atoms. The Morgan fingerprint density at radius 1 is 1.08 bits per heavy atom. The Morgan fingerprint density at radius 3 is 2.00 bits per heavy atom. The van der Waals surface area contributed by atoms with Gasteiger partial charge in [0.05, 0.1) is 25.4 Å². The molecule has 0 spiro atoms. The minimum absolute atomic E-state index is 0.278. The van der Waals surface area contributed by atoms with Gasteiger partial charge >= 0.3 is 0 Å². The lowest BCUT2D eigenvalue weighted by atomic mass is 10.0. The lowest BCUT2D eigenvalue weighted by Crippen LogP contribution is -2.54. The van der Waals surface area contributed by atoms with Crippen LogP contribution in [0.25, 0.3) is 0 Å². The largest absolute Gasteiger partial charge is 0.394 e. The summed E-state index contributed by atoms with van der Waals surface area (Å²) in [5.41, 5.74) is -0.960. The molecule has 0 atom stereocenters. The average Bonchev–Trinajstić information content (AvgIpc) is 2.20. The number of aliphatic hydroxyl groups excluding tert-OH is 3. The number of nitrogens with one attached hydrogen (secondary N) is 1. The van der Waals surface area contributed by atoms with Crippen LogP contribution in [0.1, 0.15) is 13.3 Å². The second-order valence-corrected chi connectivity index (χ2v) is 3.02. The zero-order valence-electron chi connectivity index (χ0n) is 8.03. The van der Waals surface area contributed by atoms with Crippen molar-refractivity contribution in [2.24, 2.45) is 0 Å². The topological polar surface area (TPSA) is 72.7 Å². The molecule has 0 aliphatic rings. The number of hydrogen-bond acceptors (Lipinski definition) is 4. The monoisotopic (exact) mass is 189 g/mol. The maximum Gasteiger partial charge on any atom is 0.0884 e. The van der Waals surface area contributed by atoms with Gasteiger partial charge in [-0.25, -0.2) is 0 Å². The number of allylic oxidation sites excluding steroid dienone is 1. The summed E-state index contributed by atoms with van der Waals surface area (Å²) in [7, 11) is 0. The third-order valence-electron chi connectivity index (χ3n) is 1.91. The van der Waals surface area contributed by atoms with E-state index in [9.17, 15) is 0 Å². The molecule has 0 fully saturated rings. The van der Waals surface area contributed by atoms with Gasteiger partial charge in [-0.15, -0.1) is 0 Å². The molecular weight excluding hydrogens is 170 g/mol. The van der Waals surface area contributed by atoms with Crippen molar-refractivity contribution in [1.82, 2.24) is 5.32 Å². The van der Waals surface area contributed by atoms with Crippen LogP contribution in [0.2, 0.25) is 0 Å². The van der Waals surface area contributed by atoms with Crippen LogP contribution in [0.15, 0.2) is 12.2 Å². The molecule has 4 N–H and O–H groups in total. The van der Waals surface area contributed by atoms with Gasteiger partial charge in [-0.2, -0.15) is 0 Å². The van der Waals surface area contributed by atoms with Crippen LogP contribution < -0.4 is 5.32 Å². The Hall–Kier alpha value is -0.420. The summed E-state index contributed by atoms with van der Waals surface area (Å²) in [6.45, 7) is 1.73. The van der Waals surface area contributed by atoms with Crippen LogP contribution in [0, 0.1) is 0 Å². The van der Waals surface area contributed by atoms with E-state index in [1.807, 2.05) is 19.1 Å². The van der Waals surface area contributed by atoms with E-state index in [2.05, 4.69) is 5.32 Å². The smallest absolute Gasteiger partial charge is 0.0884 e. The van der Waals surface area contributed by atoms with Crippen molar-refractivity contribution in [2.75, 3.05) is 26.4 Å². The predicted octanol–water partition coefficient (Wildman–Crippen LogP) is -0.742. The van der Waals surface area contributed by atoms with Crippen molar-refractivity contribution >= 4 is 0 Å². The van der Waals surface area contributed by atoms with Gasteiger partial charge in [-0.1, -0.05) is 19.1 Å². The molecule has 0 bridgehead atoms. The maximum atomic E-state index is 8.93. The van der Waals surface area contributed by atoms with Crippen LogP contribution in [-0.4, -0.2) is 47.2 Å². The van der Waals surface area contributed by atoms with Crippen molar-refractivity contribution in [3.05, 3.63) is 12.2 Å². The molecule has 0 radical (unpaired) electrons. The standard InChI is InChI=1S/C9H19NO3/c1-2-3-4-5-10-9(6-11,7-12)8-13/h3-4,10-13H,2,5-8H2,1H3. The Kier molecular flexibility index (Phi) is 6.80. The number of aliphatic hydroxyl groups is 3. The van der Waals surface area contributed by atoms with E-state index in [1.165, 1.54) is 0 Å². The van der Waals surface area contributed by atoms with Crippen LogP contribution in [-0.2, 0) is 0 Å². The first-order chi connectivity index (χ1) is 6.24. The lowest BCUT2D eigenvalue weighted by molar-refractivity contribution is 0.0451. The first kappa shape index (κ1) is 12.6. The fraction of sp³-hybridized carbons (Fsp3) is 0.778. The molecule has 78 valence electrons. The quantitative estimate of drug-likeness (QED) is 0.398. The molecule has 0 aromatic rings. The Bertz CT molecular complexity index is 136. The third-order valence-corrected chi connectivity index (χ3v) is 1.91. The minimum atomic E-state index is -0.960. The highest BCUT2D eigenvalue weighted by Gasteiger charge is 2.26. The van der Waals surface area contributed by atoms with Crippen LogP contribution in [0.3, 0.4) is 0 Å². The summed E-state index contributed by atoms with van der Waals surface area (Å²) in [5.74, 6) is 0. The fourth-order valence-electron chi connectivity index (χ4n) is 0.843. The number of rotatable bonds is 7. The maximum absolute atomic E-state index is 8.93. The molecule has 0 unspecified atom stereocenters. The third kappa shape index (κ3) is 4.38. The van der Waals surface area contributed by atoms with Crippen molar-refractivity contribution < 1.29 is 15.3 Å². The Balaban J connectivity index is 3.88. The molecule has 4 nitrogen and oxygen atoms in total.